The first-order valence-electron chi connectivity index (χ1n) is 9.38. The summed E-state index contributed by atoms with van der Waals surface area (Å²) in [5, 5.41) is 8.72. The van der Waals surface area contributed by atoms with Crippen LogP contribution in [0.25, 0.3) is 6.08 Å². The molecule has 140 valence electrons. The SMILES string of the molecule is CCCC(CCOCCCCCCO)OC(=O)/C=C/c1ccccc1. The minimum absolute atomic E-state index is 0.0905. The molecule has 0 heterocycles. The monoisotopic (exact) mass is 348 g/mol. The lowest BCUT2D eigenvalue weighted by Gasteiger charge is -2.16. The average molecular weight is 348 g/mol. The smallest absolute Gasteiger partial charge is 0.331 e. The highest BCUT2D eigenvalue weighted by atomic mass is 16.5. The van der Waals surface area contributed by atoms with E-state index in [-0.39, 0.29) is 18.7 Å². The van der Waals surface area contributed by atoms with Gasteiger partial charge < -0.3 is 14.6 Å². The van der Waals surface area contributed by atoms with Gasteiger partial charge in [-0.1, -0.05) is 56.5 Å². The number of hydrogen-bond acceptors (Lipinski definition) is 4. The number of carbonyl (C=O) groups is 1. The van der Waals surface area contributed by atoms with E-state index in [9.17, 15) is 4.79 Å². The molecule has 4 heteroatoms. The number of esters is 1. The summed E-state index contributed by atoms with van der Waals surface area (Å²) in [5.74, 6) is -0.300. The molecule has 0 aromatic heterocycles. The van der Waals surface area contributed by atoms with Gasteiger partial charge >= 0.3 is 5.97 Å². The largest absolute Gasteiger partial charge is 0.459 e. The quantitative estimate of drug-likeness (QED) is 0.308. The zero-order chi connectivity index (χ0) is 18.2. The van der Waals surface area contributed by atoms with E-state index < -0.39 is 0 Å². The van der Waals surface area contributed by atoms with E-state index in [0.29, 0.717) is 6.61 Å². The Bertz CT molecular complexity index is 470. The van der Waals surface area contributed by atoms with E-state index in [1.807, 2.05) is 30.3 Å². The van der Waals surface area contributed by atoms with Crippen molar-refractivity contribution < 1.29 is 19.4 Å². The van der Waals surface area contributed by atoms with Crippen LogP contribution >= 0.6 is 0 Å². The molecule has 0 radical (unpaired) electrons. The van der Waals surface area contributed by atoms with Gasteiger partial charge in [0, 0.05) is 25.7 Å². The summed E-state index contributed by atoms with van der Waals surface area (Å²) in [6.07, 6.45) is 9.73. The molecule has 1 atom stereocenters. The van der Waals surface area contributed by atoms with Crippen LogP contribution < -0.4 is 0 Å². The van der Waals surface area contributed by atoms with Crippen molar-refractivity contribution in [2.75, 3.05) is 19.8 Å². The van der Waals surface area contributed by atoms with Gasteiger partial charge in [-0.3, -0.25) is 0 Å². The molecule has 1 unspecified atom stereocenters. The van der Waals surface area contributed by atoms with Crippen LogP contribution in [-0.2, 0) is 14.3 Å². The van der Waals surface area contributed by atoms with Crippen LogP contribution in [0.4, 0.5) is 0 Å². The fraction of sp³-hybridized carbons (Fsp3) is 0.571. The standard InChI is InChI=1S/C21H32O4/c1-2-10-20(15-18-24-17-9-4-3-8-16-22)25-21(23)14-13-19-11-6-5-7-12-19/h5-7,11-14,20,22H,2-4,8-10,15-18H2,1H3/b14-13+. The number of ether oxygens (including phenoxy) is 2. The van der Waals surface area contributed by atoms with Gasteiger partial charge in [-0.25, -0.2) is 4.79 Å². The molecule has 0 aliphatic heterocycles. The molecule has 0 amide bonds. The number of unbranched alkanes of at least 4 members (excludes halogenated alkanes) is 3. The van der Waals surface area contributed by atoms with Crippen molar-refractivity contribution in [2.24, 2.45) is 0 Å². The van der Waals surface area contributed by atoms with Gasteiger partial charge in [0.05, 0.1) is 6.61 Å². The number of aliphatic hydroxyl groups excluding tert-OH is 1. The number of aliphatic hydroxyl groups is 1. The van der Waals surface area contributed by atoms with Gasteiger partial charge in [0.15, 0.2) is 0 Å². The van der Waals surface area contributed by atoms with Crippen molar-refractivity contribution >= 4 is 12.0 Å². The minimum atomic E-state index is -0.300. The molecule has 1 aromatic carbocycles. The van der Waals surface area contributed by atoms with E-state index in [1.165, 1.54) is 6.08 Å². The van der Waals surface area contributed by atoms with Gasteiger partial charge in [-0.2, -0.15) is 0 Å². The lowest BCUT2D eigenvalue weighted by Crippen LogP contribution is -2.19. The lowest BCUT2D eigenvalue weighted by molar-refractivity contribution is -0.144. The van der Waals surface area contributed by atoms with Gasteiger partial charge in [0.25, 0.3) is 0 Å². The highest BCUT2D eigenvalue weighted by molar-refractivity contribution is 5.87. The highest BCUT2D eigenvalue weighted by Gasteiger charge is 2.11. The lowest BCUT2D eigenvalue weighted by atomic mass is 10.1. The van der Waals surface area contributed by atoms with Crippen LogP contribution in [0.5, 0.6) is 0 Å². The van der Waals surface area contributed by atoms with Gasteiger partial charge in [0.2, 0.25) is 0 Å². The molecule has 1 N–H and O–H groups in total. The summed E-state index contributed by atoms with van der Waals surface area (Å²) in [6.45, 7) is 3.69. The molecule has 0 fully saturated rings. The van der Waals surface area contributed by atoms with Gasteiger partial charge in [-0.15, -0.1) is 0 Å². The van der Waals surface area contributed by atoms with Gasteiger partial charge in [0.1, 0.15) is 6.10 Å². The van der Waals surface area contributed by atoms with Crippen LogP contribution in [0.2, 0.25) is 0 Å². The Morgan fingerprint density at radius 2 is 1.84 bits per heavy atom. The Labute approximate surface area is 151 Å². The second kappa shape index (κ2) is 14.7. The van der Waals surface area contributed by atoms with Crippen LogP contribution in [0.15, 0.2) is 36.4 Å². The zero-order valence-electron chi connectivity index (χ0n) is 15.4. The number of carbonyl (C=O) groups excluding carboxylic acids is 1. The second-order valence-corrected chi connectivity index (χ2v) is 6.13. The van der Waals surface area contributed by atoms with E-state index in [0.717, 1.165) is 57.1 Å². The summed E-state index contributed by atoms with van der Waals surface area (Å²) in [4.78, 5) is 12.0. The molecular formula is C21H32O4. The minimum Gasteiger partial charge on any atom is -0.459 e. The number of rotatable bonds is 14. The van der Waals surface area contributed by atoms with Crippen molar-refractivity contribution in [3.63, 3.8) is 0 Å². The molecule has 0 aliphatic rings. The summed E-state index contributed by atoms with van der Waals surface area (Å²) in [5.41, 5.74) is 0.982. The molecule has 25 heavy (non-hydrogen) atoms. The van der Waals surface area contributed by atoms with Crippen molar-refractivity contribution in [2.45, 2.75) is 58.0 Å². The average Bonchev–Trinajstić information content (AvgIpc) is 2.63. The summed E-state index contributed by atoms with van der Waals surface area (Å²) in [7, 11) is 0. The fourth-order valence-electron chi connectivity index (χ4n) is 2.50. The molecule has 4 nitrogen and oxygen atoms in total. The summed E-state index contributed by atoms with van der Waals surface area (Å²) in [6, 6.07) is 9.71. The highest BCUT2D eigenvalue weighted by Crippen LogP contribution is 2.10. The van der Waals surface area contributed by atoms with E-state index in [1.54, 1.807) is 6.08 Å². The first kappa shape index (κ1) is 21.4. The maximum absolute atomic E-state index is 12.0. The Balaban J connectivity index is 2.22. The molecule has 1 aromatic rings. The van der Waals surface area contributed by atoms with Crippen molar-refractivity contribution in [1.29, 1.82) is 0 Å². The van der Waals surface area contributed by atoms with Crippen LogP contribution in [0, 0.1) is 0 Å². The summed E-state index contributed by atoms with van der Waals surface area (Å²) < 4.78 is 11.2. The molecule has 0 saturated carbocycles. The molecule has 0 spiro atoms. The Morgan fingerprint density at radius 3 is 2.56 bits per heavy atom. The number of hydrogen-bond donors (Lipinski definition) is 1. The van der Waals surface area contributed by atoms with Crippen molar-refractivity contribution in [3.8, 4) is 0 Å². The fourth-order valence-corrected chi connectivity index (χ4v) is 2.50. The molecule has 0 bridgehead atoms. The Hall–Kier alpha value is -1.65. The Morgan fingerprint density at radius 1 is 1.08 bits per heavy atom. The topological polar surface area (TPSA) is 55.8 Å². The molecule has 0 saturated heterocycles. The van der Waals surface area contributed by atoms with E-state index in [4.69, 9.17) is 14.6 Å². The zero-order valence-corrected chi connectivity index (χ0v) is 15.4. The Kier molecular flexibility index (Phi) is 12.6. The second-order valence-electron chi connectivity index (χ2n) is 6.13. The first-order chi connectivity index (χ1) is 12.3. The maximum Gasteiger partial charge on any atom is 0.331 e. The van der Waals surface area contributed by atoms with Crippen molar-refractivity contribution in [3.05, 3.63) is 42.0 Å². The van der Waals surface area contributed by atoms with Gasteiger partial charge in [-0.05, 0) is 30.9 Å². The third-order valence-electron chi connectivity index (χ3n) is 3.89. The maximum atomic E-state index is 12.0. The predicted molar refractivity (Wildman–Crippen MR) is 101 cm³/mol. The first-order valence-corrected chi connectivity index (χ1v) is 9.38. The van der Waals surface area contributed by atoms with Crippen molar-refractivity contribution in [1.82, 2.24) is 0 Å². The molecule has 1 rings (SSSR count). The number of benzene rings is 1. The van der Waals surface area contributed by atoms with Crippen LogP contribution in [0.1, 0.15) is 57.4 Å². The molecule has 0 aliphatic carbocycles. The van der Waals surface area contributed by atoms with Crippen LogP contribution in [-0.4, -0.2) is 37.0 Å². The third-order valence-corrected chi connectivity index (χ3v) is 3.89. The third kappa shape index (κ3) is 11.5. The summed E-state index contributed by atoms with van der Waals surface area (Å²) >= 11 is 0. The van der Waals surface area contributed by atoms with E-state index >= 15 is 0 Å². The molecular weight excluding hydrogens is 316 g/mol. The normalized spacial score (nSPS) is 12.4. The van der Waals surface area contributed by atoms with E-state index in [2.05, 4.69) is 6.92 Å². The predicted octanol–water partition coefficient (Wildman–Crippen LogP) is 4.37. The van der Waals surface area contributed by atoms with Crippen LogP contribution in [0.3, 0.4) is 0 Å².